The summed E-state index contributed by atoms with van der Waals surface area (Å²) in [7, 11) is 0. The van der Waals surface area contributed by atoms with Crippen LogP contribution in [0.1, 0.15) is 11.6 Å². The molecule has 1 aliphatic heterocycles. The molecule has 0 saturated carbocycles. The van der Waals surface area contributed by atoms with E-state index in [-0.39, 0.29) is 0 Å². The lowest BCUT2D eigenvalue weighted by molar-refractivity contribution is -0.0286. The van der Waals surface area contributed by atoms with Crippen molar-refractivity contribution in [3.63, 3.8) is 0 Å². The molecule has 1 saturated heterocycles. The van der Waals surface area contributed by atoms with Crippen LogP contribution in [0.25, 0.3) is 0 Å². The lowest BCUT2D eigenvalue weighted by atomic mass is 10.3. The maximum Gasteiger partial charge on any atom is 0.153 e. The van der Waals surface area contributed by atoms with Crippen molar-refractivity contribution in [1.82, 2.24) is 9.78 Å². The van der Waals surface area contributed by atoms with Crippen molar-refractivity contribution in [3.8, 4) is 0 Å². The summed E-state index contributed by atoms with van der Waals surface area (Å²) in [5.74, 6) is 0. The molecule has 0 aromatic carbocycles. The Labute approximate surface area is 69.9 Å². The maximum atomic E-state index is 5.78. The third-order valence-corrected chi connectivity index (χ3v) is 2.22. The van der Waals surface area contributed by atoms with Gasteiger partial charge in [0.05, 0.1) is 19.3 Å². The second-order valence-corrected chi connectivity index (χ2v) is 3.13. The van der Waals surface area contributed by atoms with E-state index >= 15 is 0 Å². The fraction of sp³-hybridized carbons (Fsp3) is 0.571. The van der Waals surface area contributed by atoms with Gasteiger partial charge in [-0.15, -0.1) is 0 Å². The van der Waals surface area contributed by atoms with Gasteiger partial charge in [-0.25, -0.2) is 0 Å². The van der Waals surface area contributed by atoms with E-state index in [1.807, 2.05) is 17.8 Å². The molecule has 3 nitrogen and oxygen atoms in total. The van der Waals surface area contributed by atoms with Gasteiger partial charge in [0.25, 0.3) is 0 Å². The number of hydrogen-bond acceptors (Lipinski definition) is 2. The van der Waals surface area contributed by atoms with Crippen LogP contribution in [0.3, 0.4) is 0 Å². The highest BCUT2D eigenvalue weighted by Crippen LogP contribution is 2.20. The van der Waals surface area contributed by atoms with Gasteiger partial charge in [-0.05, 0) is 6.92 Å². The Morgan fingerprint density at radius 3 is 2.82 bits per heavy atom. The molecular formula is C7H9ClN2O. The highest BCUT2D eigenvalue weighted by Gasteiger charge is 2.21. The standard InChI is InChI=1S/C7H9ClN2O/c1-5-2-10(9-7(5)8)6-3-11-4-6/h2,6H,3-4H2,1H3. The summed E-state index contributed by atoms with van der Waals surface area (Å²) in [6.07, 6.45) is 1.95. The molecule has 1 fully saturated rings. The van der Waals surface area contributed by atoms with E-state index in [2.05, 4.69) is 5.10 Å². The van der Waals surface area contributed by atoms with Crippen molar-refractivity contribution in [3.05, 3.63) is 16.9 Å². The van der Waals surface area contributed by atoms with Crippen LogP contribution in [0, 0.1) is 6.92 Å². The second-order valence-electron chi connectivity index (χ2n) is 2.77. The van der Waals surface area contributed by atoms with Gasteiger partial charge in [-0.1, -0.05) is 11.6 Å². The van der Waals surface area contributed by atoms with Crippen LogP contribution in [-0.4, -0.2) is 23.0 Å². The molecule has 0 aliphatic carbocycles. The third kappa shape index (κ3) is 1.14. The van der Waals surface area contributed by atoms with Crippen LogP contribution in [-0.2, 0) is 4.74 Å². The van der Waals surface area contributed by atoms with Crippen LogP contribution in [0.2, 0.25) is 5.15 Å². The quantitative estimate of drug-likeness (QED) is 0.641. The minimum atomic E-state index is 0.404. The van der Waals surface area contributed by atoms with Crippen molar-refractivity contribution >= 4 is 11.6 Å². The summed E-state index contributed by atoms with van der Waals surface area (Å²) >= 11 is 5.78. The van der Waals surface area contributed by atoms with E-state index in [0.717, 1.165) is 18.8 Å². The molecule has 60 valence electrons. The van der Waals surface area contributed by atoms with E-state index in [1.165, 1.54) is 0 Å². The highest BCUT2D eigenvalue weighted by molar-refractivity contribution is 6.30. The zero-order chi connectivity index (χ0) is 7.84. The first kappa shape index (κ1) is 7.13. The maximum absolute atomic E-state index is 5.78. The minimum Gasteiger partial charge on any atom is -0.377 e. The Balaban J connectivity index is 2.24. The number of aryl methyl sites for hydroxylation is 1. The molecule has 4 heteroatoms. The molecule has 1 aromatic heterocycles. The first-order valence-corrected chi connectivity index (χ1v) is 3.94. The van der Waals surface area contributed by atoms with Crippen molar-refractivity contribution in [2.24, 2.45) is 0 Å². The molecule has 1 aromatic rings. The van der Waals surface area contributed by atoms with Gasteiger partial charge in [0, 0.05) is 11.8 Å². The highest BCUT2D eigenvalue weighted by atomic mass is 35.5. The van der Waals surface area contributed by atoms with Gasteiger partial charge in [0.1, 0.15) is 0 Å². The minimum absolute atomic E-state index is 0.404. The molecule has 0 amide bonds. The summed E-state index contributed by atoms with van der Waals surface area (Å²) in [5, 5.41) is 4.73. The second kappa shape index (κ2) is 2.50. The average Bonchev–Trinajstić information content (AvgIpc) is 2.08. The monoisotopic (exact) mass is 172 g/mol. The van der Waals surface area contributed by atoms with Crippen molar-refractivity contribution in [2.75, 3.05) is 13.2 Å². The van der Waals surface area contributed by atoms with E-state index in [9.17, 15) is 0 Å². The molecule has 2 heterocycles. The number of rotatable bonds is 1. The van der Waals surface area contributed by atoms with Crippen molar-refractivity contribution in [2.45, 2.75) is 13.0 Å². The third-order valence-electron chi connectivity index (χ3n) is 1.85. The van der Waals surface area contributed by atoms with E-state index in [1.54, 1.807) is 0 Å². The topological polar surface area (TPSA) is 27.1 Å². The summed E-state index contributed by atoms with van der Waals surface area (Å²) in [4.78, 5) is 0. The van der Waals surface area contributed by atoms with Crippen LogP contribution < -0.4 is 0 Å². The fourth-order valence-corrected chi connectivity index (χ4v) is 1.16. The molecule has 0 atom stereocenters. The number of nitrogens with zero attached hydrogens (tertiary/aromatic N) is 2. The van der Waals surface area contributed by atoms with E-state index in [4.69, 9.17) is 16.3 Å². The first-order chi connectivity index (χ1) is 5.27. The molecular weight excluding hydrogens is 164 g/mol. The largest absolute Gasteiger partial charge is 0.377 e. The smallest absolute Gasteiger partial charge is 0.153 e. The number of hydrogen-bond donors (Lipinski definition) is 0. The van der Waals surface area contributed by atoms with E-state index < -0.39 is 0 Å². The van der Waals surface area contributed by atoms with Crippen LogP contribution in [0.5, 0.6) is 0 Å². The average molecular weight is 173 g/mol. The number of halogens is 1. The summed E-state index contributed by atoms with van der Waals surface area (Å²) in [6, 6.07) is 0.404. The van der Waals surface area contributed by atoms with Gasteiger partial charge in [0.2, 0.25) is 0 Å². The zero-order valence-corrected chi connectivity index (χ0v) is 7.01. The molecule has 2 rings (SSSR count). The summed E-state index contributed by atoms with van der Waals surface area (Å²) < 4.78 is 6.91. The molecule has 0 spiro atoms. The molecule has 11 heavy (non-hydrogen) atoms. The predicted octanol–water partition coefficient (Wildman–Crippen LogP) is 1.42. The van der Waals surface area contributed by atoms with Gasteiger partial charge in [-0.3, -0.25) is 4.68 Å². The Morgan fingerprint density at radius 2 is 2.45 bits per heavy atom. The van der Waals surface area contributed by atoms with Gasteiger partial charge < -0.3 is 4.74 Å². The van der Waals surface area contributed by atoms with E-state index in [0.29, 0.717) is 11.2 Å². The van der Waals surface area contributed by atoms with Gasteiger partial charge >= 0.3 is 0 Å². The first-order valence-electron chi connectivity index (χ1n) is 3.56. The molecule has 0 N–H and O–H groups in total. The predicted molar refractivity (Wildman–Crippen MR) is 41.8 cm³/mol. The van der Waals surface area contributed by atoms with Gasteiger partial charge in [0.15, 0.2) is 5.15 Å². The molecule has 1 aliphatic rings. The SMILES string of the molecule is Cc1cn(C2COC2)nc1Cl. The van der Waals surface area contributed by atoms with Crippen LogP contribution >= 0.6 is 11.6 Å². The Morgan fingerprint density at radius 1 is 1.73 bits per heavy atom. The Hall–Kier alpha value is -0.540. The van der Waals surface area contributed by atoms with Crippen LogP contribution in [0.4, 0.5) is 0 Å². The summed E-state index contributed by atoms with van der Waals surface area (Å²) in [5.41, 5.74) is 1.03. The lowest BCUT2D eigenvalue weighted by Gasteiger charge is -2.25. The molecule has 0 bridgehead atoms. The van der Waals surface area contributed by atoms with Gasteiger partial charge in [-0.2, -0.15) is 5.10 Å². The normalized spacial score (nSPS) is 18.4. The van der Waals surface area contributed by atoms with Crippen molar-refractivity contribution in [1.29, 1.82) is 0 Å². The molecule has 0 unspecified atom stereocenters. The Kier molecular flexibility index (Phi) is 1.62. The molecule has 0 radical (unpaired) electrons. The summed E-state index contributed by atoms with van der Waals surface area (Å²) in [6.45, 7) is 3.47. The number of ether oxygens (including phenoxy) is 1. The lowest BCUT2D eigenvalue weighted by Crippen LogP contribution is -2.30. The van der Waals surface area contributed by atoms with Crippen LogP contribution in [0.15, 0.2) is 6.20 Å². The fourth-order valence-electron chi connectivity index (χ4n) is 1.02. The Bertz CT molecular complexity index is 248. The number of aromatic nitrogens is 2. The van der Waals surface area contributed by atoms with Crippen molar-refractivity contribution < 1.29 is 4.74 Å². The zero-order valence-electron chi connectivity index (χ0n) is 6.25.